The Balaban J connectivity index is 2.57. The lowest BCUT2D eigenvalue weighted by atomic mass is 10.2. The maximum absolute atomic E-state index is 12.1. The summed E-state index contributed by atoms with van der Waals surface area (Å²) in [5.41, 5.74) is 0.977. The van der Waals surface area contributed by atoms with E-state index in [0.717, 1.165) is 5.56 Å². The zero-order chi connectivity index (χ0) is 15.2. The summed E-state index contributed by atoms with van der Waals surface area (Å²) in [6, 6.07) is 9.44. The molecule has 1 unspecified atom stereocenters. The van der Waals surface area contributed by atoms with Crippen LogP contribution in [0.3, 0.4) is 0 Å². The Bertz CT molecular complexity index is 527. The molecule has 0 aliphatic carbocycles. The standard InChI is InChI=1S/C14H21NO4S/c1-12(14(16)19-3)11-15(2)20(17,18)10-9-13-7-5-4-6-8-13/h4-8,12H,9-11H2,1-3H3. The number of methoxy groups -OCH3 is 1. The van der Waals surface area contributed by atoms with Gasteiger partial charge >= 0.3 is 5.97 Å². The Morgan fingerprint density at radius 3 is 2.45 bits per heavy atom. The Morgan fingerprint density at radius 1 is 1.30 bits per heavy atom. The van der Waals surface area contributed by atoms with Crippen molar-refractivity contribution < 1.29 is 17.9 Å². The first-order chi connectivity index (χ1) is 9.36. The van der Waals surface area contributed by atoms with Crippen molar-refractivity contribution in [3.8, 4) is 0 Å². The largest absolute Gasteiger partial charge is 0.469 e. The summed E-state index contributed by atoms with van der Waals surface area (Å²) < 4.78 is 30.1. The number of sulfonamides is 1. The summed E-state index contributed by atoms with van der Waals surface area (Å²) in [7, 11) is -0.589. The molecular weight excluding hydrogens is 278 g/mol. The number of hydrogen-bond acceptors (Lipinski definition) is 4. The number of hydrogen-bond donors (Lipinski definition) is 0. The van der Waals surface area contributed by atoms with Crippen molar-refractivity contribution in [2.45, 2.75) is 13.3 Å². The van der Waals surface area contributed by atoms with Crippen LogP contribution in [-0.4, -0.2) is 45.1 Å². The third-order valence-corrected chi connectivity index (χ3v) is 4.92. The van der Waals surface area contributed by atoms with E-state index in [9.17, 15) is 13.2 Å². The molecule has 0 spiro atoms. The fourth-order valence-corrected chi connectivity index (χ4v) is 3.08. The third kappa shape index (κ3) is 4.94. The third-order valence-electron chi connectivity index (χ3n) is 3.10. The molecule has 6 heteroatoms. The number of rotatable bonds is 7. The van der Waals surface area contributed by atoms with E-state index in [1.165, 1.54) is 18.5 Å². The molecule has 0 fully saturated rings. The van der Waals surface area contributed by atoms with E-state index in [-0.39, 0.29) is 12.3 Å². The van der Waals surface area contributed by atoms with Gasteiger partial charge in [0.15, 0.2) is 0 Å². The van der Waals surface area contributed by atoms with Crippen molar-refractivity contribution in [2.75, 3.05) is 26.5 Å². The van der Waals surface area contributed by atoms with Gasteiger partial charge in [0.2, 0.25) is 10.0 Å². The molecule has 1 aromatic carbocycles. The second-order valence-corrected chi connectivity index (χ2v) is 6.95. The van der Waals surface area contributed by atoms with Gasteiger partial charge in [-0.25, -0.2) is 12.7 Å². The molecule has 0 bridgehead atoms. The van der Waals surface area contributed by atoms with Crippen LogP contribution in [0.15, 0.2) is 30.3 Å². The van der Waals surface area contributed by atoms with Crippen LogP contribution in [0.5, 0.6) is 0 Å². The van der Waals surface area contributed by atoms with Crippen LogP contribution in [0, 0.1) is 5.92 Å². The number of aryl methyl sites for hydroxylation is 1. The van der Waals surface area contributed by atoms with Gasteiger partial charge in [-0.15, -0.1) is 0 Å². The van der Waals surface area contributed by atoms with Gasteiger partial charge < -0.3 is 4.74 Å². The van der Waals surface area contributed by atoms with Gasteiger partial charge in [0.1, 0.15) is 0 Å². The Kier molecular flexibility index (Phi) is 6.16. The first kappa shape index (κ1) is 16.7. The highest BCUT2D eigenvalue weighted by molar-refractivity contribution is 7.89. The minimum absolute atomic E-state index is 0.0292. The van der Waals surface area contributed by atoms with Crippen LogP contribution >= 0.6 is 0 Å². The molecule has 0 aliphatic rings. The van der Waals surface area contributed by atoms with Crippen molar-refractivity contribution in [2.24, 2.45) is 5.92 Å². The van der Waals surface area contributed by atoms with Crippen molar-refractivity contribution in [3.63, 3.8) is 0 Å². The van der Waals surface area contributed by atoms with E-state index in [1.54, 1.807) is 6.92 Å². The fourth-order valence-electron chi connectivity index (χ4n) is 1.82. The van der Waals surface area contributed by atoms with Gasteiger partial charge in [-0.2, -0.15) is 0 Å². The zero-order valence-electron chi connectivity index (χ0n) is 12.1. The monoisotopic (exact) mass is 299 g/mol. The molecule has 0 aliphatic heterocycles. The summed E-state index contributed by atoms with van der Waals surface area (Å²) in [6.45, 7) is 1.78. The maximum atomic E-state index is 12.1. The highest BCUT2D eigenvalue weighted by Crippen LogP contribution is 2.08. The summed E-state index contributed by atoms with van der Waals surface area (Å²) in [5, 5.41) is 0. The fraction of sp³-hybridized carbons (Fsp3) is 0.500. The Labute approximate surface area is 120 Å². The maximum Gasteiger partial charge on any atom is 0.309 e. The molecule has 0 saturated heterocycles. The van der Waals surface area contributed by atoms with E-state index in [4.69, 9.17) is 0 Å². The lowest BCUT2D eigenvalue weighted by Gasteiger charge is -2.20. The highest BCUT2D eigenvalue weighted by atomic mass is 32.2. The van der Waals surface area contributed by atoms with Crippen LogP contribution in [-0.2, 0) is 26.0 Å². The van der Waals surface area contributed by atoms with Gasteiger partial charge in [-0.3, -0.25) is 4.79 Å². The SMILES string of the molecule is COC(=O)C(C)CN(C)S(=O)(=O)CCc1ccccc1. The van der Waals surface area contributed by atoms with Gasteiger partial charge in [0.25, 0.3) is 0 Å². The van der Waals surface area contributed by atoms with E-state index >= 15 is 0 Å². The average molecular weight is 299 g/mol. The predicted molar refractivity (Wildman–Crippen MR) is 77.7 cm³/mol. The number of benzene rings is 1. The topological polar surface area (TPSA) is 63.7 Å². The van der Waals surface area contributed by atoms with Crippen molar-refractivity contribution in [1.29, 1.82) is 0 Å². The smallest absolute Gasteiger partial charge is 0.309 e. The highest BCUT2D eigenvalue weighted by Gasteiger charge is 2.23. The van der Waals surface area contributed by atoms with E-state index in [1.807, 2.05) is 30.3 Å². The number of ether oxygens (including phenoxy) is 1. The van der Waals surface area contributed by atoms with Gasteiger partial charge in [-0.1, -0.05) is 37.3 Å². The molecule has 20 heavy (non-hydrogen) atoms. The lowest BCUT2D eigenvalue weighted by Crippen LogP contribution is -2.36. The van der Waals surface area contributed by atoms with E-state index in [0.29, 0.717) is 6.42 Å². The molecule has 0 heterocycles. The molecular formula is C14H21NO4S. The summed E-state index contributed by atoms with van der Waals surface area (Å²) in [6.07, 6.45) is 0.458. The predicted octanol–water partition coefficient (Wildman–Crippen LogP) is 1.30. The second-order valence-electron chi connectivity index (χ2n) is 4.76. The van der Waals surface area contributed by atoms with E-state index < -0.39 is 21.9 Å². The van der Waals surface area contributed by atoms with E-state index in [2.05, 4.69) is 4.74 Å². The molecule has 0 amide bonds. The average Bonchev–Trinajstić information content (AvgIpc) is 2.45. The number of carbonyl (C=O) groups excluding carboxylic acids is 1. The minimum Gasteiger partial charge on any atom is -0.469 e. The molecule has 5 nitrogen and oxygen atoms in total. The van der Waals surface area contributed by atoms with Crippen molar-refractivity contribution in [1.82, 2.24) is 4.31 Å². The molecule has 0 radical (unpaired) electrons. The van der Waals surface area contributed by atoms with Crippen LogP contribution in [0.25, 0.3) is 0 Å². The molecule has 0 N–H and O–H groups in total. The molecule has 0 aromatic heterocycles. The molecule has 1 aromatic rings. The minimum atomic E-state index is -3.37. The molecule has 1 rings (SSSR count). The summed E-state index contributed by atoms with van der Waals surface area (Å²) in [5.74, 6) is -0.854. The summed E-state index contributed by atoms with van der Waals surface area (Å²) >= 11 is 0. The number of nitrogens with zero attached hydrogens (tertiary/aromatic N) is 1. The first-order valence-electron chi connectivity index (χ1n) is 6.42. The van der Waals surface area contributed by atoms with Crippen molar-refractivity contribution in [3.05, 3.63) is 35.9 Å². The first-order valence-corrected chi connectivity index (χ1v) is 8.03. The second kappa shape index (κ2) is 7.40. The van der Waals surface area contributed by atoms with Gasteiger partial charge in [0, 0.05) is 13.6 Å². The molecule has 0 saturated carbocycles. The quantitative estimate of drug-likeness (QED) is 0.712. The molecule has 112 valence electrons. The van der Waals surface area contributed by atoms with Gasteiger partial charge in [-0.05, 0) is 12.0 Å². The summed E-state index contributed by atoms with van der Waals surface area (Å²) in [4.78, 5) is 11.3. The lowest BCUT2D eigenvalue weighted by molar-refractivity contribution is -0.144. The van der Waals surface area contributed by atoms with Gasteiger partial charge in [0.05, 0.1) is 18.8 Å². The number of esters is 1. The Hall–Kier alpha value is -1.40. The van der Waals surface area contributed by atoms with Crippen molar-refractivity contribution >= 4 is 16.0 Å². The Morgan fingerprint density at radius 2 is 1.90 bits per heavy atom. The number of carbonyl (C=O) groups is 1. The van der Waals surface area contributed by atoms with Crippen LogP contribution in [0.2, 0.25) is 0 Å². The zero-order valence-corrected chi connectivity index (χ0v) is 12.9. The molecule has 1 atom stereocenters. The normalized spacial score (nSPS) is 13.2. The van der Waals surface area contributed by atoms with Crippen LogP contribution in [0.1, 0.15) is 12.5 Å². The van der Waals surface area contributed by atoms with Crippen LogP contribution < -0.4 is 0 Å². The van der Waals surface area contributed by atoms with Crippen LogP contribution in [0.4, 0.5) is 0 Å².